The summed E-state index contributed by atoms with van der Waals surface area (Å²) >= 11 is 0. The van der Waals surface area contributed by atoms with Crippen LogP contribution in [0.4, 0.5) is 5.69 Å². The lowest BCUT2D eigenvalue weighted by atomic mass is 10.0. The average Bonchev–Trinajstić information content (AvgIpc) is 2.36. The van der Waals surface area contributed by atoms with Crippen LogP contribution in [0.1, 0.15) is 22.3 Å². The van der Waals surface area contributed by atoms with E-state index in [0.717, 1.165) is 30.6 Å². The number of nitrogens with two attached hydrogens (primary N) is 1. The minimum atomic E-state index is -3.54. The van der Waals surface area contributed by atoms with Crippen molar-refractivity contribution >= 4 is 21.6 Å². The van der Waals surface area contributed by atoms with Crippen molar-refractivity contribution in [3.8, 4) is 0 Å². The molecule has 0 aromatic heterocycles. The third-order valence-corrected chi connectivity index (χ3v) is 3.75. The molecule has 0 aliphatic carbocycles. The predicted octanol–water partition coefficient (Wildman–Crippen LogP) is 0.0630. The number of rotatable bonds is 4. The van der Waals surface area contributed by atoms with Crippen molar-refractivity contribution in [3.05, 3.63) is 29.3 Å². The van der Waals surface area contributed by atoms with E-state index in [1.54, 1.807) is 6.07 Å². The maximum Gasteiger partial charge on any atom is 0.251 e. The molecule has 0 fully saturated rings. The first kappa shape index (κ1) is 13.8. The molecule has 0 unspecified atom stereocenters. The Kier molecular flexibility index (Phi) is 4.06. The monoisotopic (exact) mass is 283 g/mol. The molecule has 0 saturated carbocycles. The molecule has 4 N–H and O–H groups in total. The van der Waals surface area contributed by atoms with Crippen LogP contribution in [0.15, 0.2) is 18.2 Å². The van der Waals surface area contributed by atoms with Crippen molar-refractivity contribution in [1.29, 1.82) is 0 Å². The van der Waals surface area contributed by atoms with Crippen molar-refractivity contribution in [3.63, 3.8) is 0 Å². The molecule has 6 nitrogen and oxygen atoms in total. The highest BCUT2D eigenvalue weighted by atomic mass is 32.2. The molecule has 0 saturated heterocycles. The molecule has 0 radical (unpaired) electrons. The van der Waals surface area contributed by atoms with Crippen LogP contribution < -0.4 is 15.8 Å². The second-order valence-electron chi connectivity index (χ2n) is 4.53. The van der Waals surface area contributed by atoms with Gasteiger partial charge >= 0.3 is 0 Å². The number of nitrogens with one attached hydrogen (secondary N) is 2. The summed E-state index contributed by atoms with van der Waals surface area (Å²) in [4.78, 5) is 11.8. The van der Waals surface area contributed by atoms with Crippen LogP contribution in [-0.2, 0) is 16.4 Å². The molecule has 1 aliphatic heterocycles. The van der Waals surface area contributed by atoms with Crippen LogP contribution in [0.3, 0.4) is 0 Å². The molecular weight excluding hydrogens is 266 g/mol. The minimum Gasteiger partial charge on any atom is -0.385 e. The highest BCUT2D eigenvalue weighted by Gasteiger charge is 2.12. The summed E-state index contributed by atoms with van der Waals surface area (Å²) in [6.45, 7) is 0.972. The number of carbonyl (C=O) groups is 1. The van der Waals surface area contributed by atoms with Crippen molar-refractivity contribution in [2.45, 2.75) is 12.8 Å². The van der Waals surface area contributed by atoms with Gasteiger partial charge in [0.15, 0.2) is 0 Å². The van der Waals surface area contributed by atoms with E-state index in [1.165, 1.54) is 0 Å². The standard InChI is InChI=1S/C12H17N3O3S/c13-19(17,18)7-6-15-12(16)10-3-4-11-9(8-10)2-1-5-14-11/h3-4,8,14H,1-2,5-7H2,(H,15,16)(H2,13,17,18). The van der Waals surface area contributed by atoms with E-state index < -0.39 is 10.0 Å². The normalized spacial score (nSPS) is 14.4. The number of sulfonamides is 1. The molecule has 1 amide bonds. The highest BCUT2D eigenvalue weighted by Crippen LogP contribution is 2.22. The maximum absolute atomic E-state index is 11.8. The molecule has 1 aromatic carbocycles. The second kappa shape index (κ2) is 5.58. The summed E-state index contributed by atoms with van der Waals surface area (Å²) < 4.78 is 21.5. The number of benzene rings is 1. The van der Waals surface area contributed by atoms with Crippen LogP contribution in [-0.4, -0.2) is 33.2 Å². The molecule has 2 rings (SSSR count). The van der Waals surface area contributed by atoms with Crippen LogP contribution in [0.2, 0.25) is 0 Å². The van der Waals surface area contributed by atoms with Gasteiger partial charge in [-0.15, -0.1) is 0 Å². The quantitative estimate of drug-likeness (QED) is 0.727. The van der Waals surface area contributed by atoms with E-state index >= 15 is 0 Å². The first-order valence-electron chi connectivity index (χ1n) is 6.11. The Hall–Kier alpha value is -1.60. The Balaban J connectivity index is 1.99. The molecule has 1 heterocycles. The lowest BCUT2D eigenvalue weighted by molar-refractivity contribution is 0.0956. The third kappa shape index (κ3) is 3.93. The van der Waals surface area contributed by atoms with Crippen LogP contribution >= 0.6 is 0 Å². The van der Waals surface area contributed by atoms with E-state index in [1.807, 2.05) is 12.1 Å². The van der Waals surface area contributed by atoms with Crippen molar-refractivity contribution in [2.75, 3.05) is 24.2 Å². The van der Waals surface area contributed by atoms with E-state index in [9.17, 15) is 13.2 Å². The van der Waals surface area contributed by atoms with Gasteiger partial charge in [0.2, 0.25) is 10.0 Å². The minimum absolute atomic E-state index is 0.0208. The summed E-state index contributed by atoms with van der Waals surface area (Å²) in [6.07, 6.45) is 1.99. The number of fused-ring (bicyclic) bond motifs is 1. The van der Waals surface area contributed by atoms with Gasteiger partial charge in [0, 0.05) is 24.3 Å². The van der Waals surface area contributed by atoms with Gasteiger partial charge in [-0.2, -0.15) is 0 Å². The zero-order chi connectivity index (χ0) is 13.9. The molecular formula is C12H17N3O3S. The number of aryl methyl sites for hydroxylation is 1. The molecule has 19 heavy (non-hydrogen) atoms. The summed E-state index contributed by atoms with van der Waals surface area (Å²) in [7, 11) is -3.54. The molecule has 7 heteroatoms. The summed E-state index contributed by atoms with van der Waals surface area (Å²) in [6, 6.07) is 5.44. The molecule has 0 atom stereocenters. The van der Waals surface area contributed by atoms with Gasteiger partial charge in [-0.3, -0.25) is 4.79 Å². The summed E-state index contributed by atoms with van der Waals surface area (Å²) in [5.74, 6) is -0.539. The van der Waals surface area contributed by atoms with Gasteiger partial charge in [0.05, 0.1) is 5.75 Å². The lowest BCUT2D eigenvalue weighted by Crippen LogP contribution is -2.31. The average molecular weight is 283 g/mol. The third-order valence-electron chi connectivity index (χ3n) is 2.98. The van der Waals surface area contributed by atoms with Gasteiger partial charge in [0.1, 0.15) is 0 Å². The first-order valence-corrected chi connectivity index (χ1v) is 7.83. The van der Waals surface area contributed by atoms with Gasteiger partial charge in [-0.1, -0.05) is 0 Å². The fourth-order valence-corrected chi connectivity index (χ4v) is 2.41. The smallest absolute Gasteiger partial charge is 0.251 e. The Labute approximate surface area is 112 Å². The highest BCUT2D eigenvalue weighted by molar-refractivity contribution is 7.89. The van der Waals surface area contributed by atoms with Crippen LogP contribution in [0.25, 0.3) is 0 Å². The van der Waals surface area contributed by atoms with Gasteiger partial charge < -0.3 is 10.6 Å². The number of carbonyl (C=O) groups excluding carboxylic acids is 1. The number of anilines is 1. The zero-order valence-electron chi connectivity index (χ0n) is 10.5. The van der Waals surface area contributed by atoms with Gasteiger partial charge in [-0.05, 0) is 36.6 Å². The Morgan fingerprint density at radius 2 is 2.21 bits per heavy atom. The summed E-state index contributed by atoms with van der Waals surface area (Å²) in [5, 5.41) is 10.7. The molecule has 104 valence electrons. The number of hydrogen-bond acceptors (Lipinski definition) is 4. The first-order chi connectivity index (χ1) is 8.96. The largest absolute Gasteiger partial charge is 0.385 e. The Morgan fingerprint density at radius 3 is 2.95 bits per heavy atom. The topological polar surface area (TPSA) is 101 Å². The van der Waals surface area contributed by atoms with Crippen molar-refractivity contribution in [2.24, 2.45) is 5.14 Å². The molecule has 0 bridgehead atoms. The summed E-state index contributed by atoms with van der Waals surface area (Å²) in [5.41, 5.74) is 2.72. The Morgan fingerprint density at radius 1 is 1.42 bits per heavy atom. The molecule has 0 spiro atoms. The Bertz CT molecular complexity index is 584. The predicted molar refractivity (Wildman–Crippen MR) is 73.6 cm³/mol. The SMILES string of the molecule is NS(=O)(=O)CCNC(=O)c1ccc2c(c1)CCCN2. The molecule has 1 aromatic rings. The fraction of sp³-hybridized carbons (Fsp3) is 0.417. The van der Waals surface area contributed by atoms with E-state index in [2.05, 4.69) is 10.6 Å². The maximum atomic E-state index is 11.8. The zero-order valence-corrected chi connectivity index (χ0v) is 11.3. The number of amides is 1. The van der Waals surface area contributed by atoms with E-state index in [-0.39, 0.29) is 18.2 Å². The van der Waals surface area contributed by atoms with Crippen molar-refractivity contribution < 1.29 is 13.2 Å². The second-order valence-corrected chi connectivity index (χ2v) is 6.26. The van der Waals surface area contributed by atoms with E-state index in [4.69, 9.17) is 5.14 Å². The number of hydrogen-bond donors (Lipinski definition) is 3. The van der Waals surface area contributed by atoms with Crippen LogP contribution in [0.5, 0.6) is 0 Å². The van der Waals surface area contributed by atoms with E-state index in [0.29, 0.717) is 5.56 Å². The number of primary sulfonamides is 1. The van der Waals surface area contributed by atoms with Crippen molar-refractivity contribution in [1.82, 2.24) is 5.32 Å². The van der Waals surface area contributed by atoms with Gasteiger partial charge in [0.25, 0.3) is 5.91 Å². The van der Waals surface area contributed by atoms with Crippen LogP contribution in [0, 0.1) is 0 Å². The fourth-order valence-electron chi connectivity index (χ4n) is 2.03. The van der Waals surface area contributed by atoms with Gasteiger partial charge in [-0.25, -0.2) is 13.6 Å². The lowest BCUT2D eigenvalue weighted by Gasteiger charge is -2.18. The molecule has 1 aliphatic rings.